The minimum Gasteiger partial charge on any atom is -0.344 e. The van der Waals surface area contributed by atoms with Gasteiger partial charge in [0.05, 0.1) is 0 Å². The number of nitrogens with zero attached hydrogens (tertiary/aromatic N) is 1. The van der Waals surface area contributed by atoms with Crippen LogP contribution in [0.3, 0.4) is 0 Å². The molecular weight excluding hydrogens is 264 g/mol. The summed E-state index contributed by atoms with van der Waals surface area (Å²) in [6.07, 6.45) is 4.23. The summed E-state index contributed by atoms with van der Waals surface area (Å²) in [4.78, 5) is 26.3. The highest BCUT2D eigenvalue weighted by Crippen LogP contribution is 2.11. The molecule has 4 heteroatoms. The van der Waals surface area contributed by atoms with Crippen LogP contribution in [0.15, 0.2) is 30.3 Å². The van der Waals surface area contributed by atoms with E-state index in [1.807, 2.05) is 35.2 Å². The van der Waals surface area contributed by atoms with Crippen LogP contribution in [0.2, 0.25) is 0 Å². The minimum atomic E-state index is -0.427. The number of hydrogen-bond acceptors (Lipinski definition) is 2. The van der Waals surface area contributed by atoms with Crippen LogP contribution in [0, 0.1) is 0 Å². The predicted molar refractivity (Wildman–Crippen MR) is 82.8 cm³/mol. The lowest BCUT2D eigenvalue weighted by molar-refractivity contribution is -0.133. The van der Waals surface area contributed by atoms with Gasteiger partial charge in [0.1, 0.15) is 6.04 Å². The van der Waals surface area contributed by atoms with Crippen LogP contribution in [-0.2, 0) is 16.0 Å². The molecule has 1 aliphatic heterocycles. The standard InChI is InChI=1S/C17H24N2O2/c1-2-3-7-11-19-12-10-16(20)18-15(17(19)21)13-14-8-5-4-6-9-14/h4-6,8-9,15H,2-3,7,10-13H2,1H3,(H,18,20). The van der Waals surface area contributed by atoms with Crippen LogP contribution in [0.1, 0.15) is 38.2 Å². The van der Waals surface area contributed by atoms with E-state index in [0.29, 0.717) is 19.4 Å². The number of benzene rings is 1. The highest BCUT2D eigenvalue weighted by molar-refractivity contribution is 5.90. The van der Waals surface area contributed by atoms with Crippen molar-refractivity contribution in [2.75, 3.05) is 13.1 Å². The lowest BCUT2D eigenvalue weighted by Crippen LogP contribution is -2.46. The van der Waals surface area contributed by atoms with E-state index in [2.05, 4.69) is 12.2 Å². The van der Waals surface area contributed by atoms with Crippen molar-refractivity contribution in [3.63, 3.8) is 0 Å². The van der Waals surface area contributed by atoms with Crippen LogP contribution in [0.25, 0.3) is 0 Å². The summed E-state index contributed by atoms with van der Waals surface area (Å²) in [6.45, 7) is 3.44. The molecule has 4 nitrogen and oxygen atoms in total. The Morgan fingerprint density at radius 3 is 2.67 bits per heavy atom. The Hall–Kier alpha value is -1.84. The second kappa shape index (κ2) is 7.81. The van der Waals surface area contributed by atoms with Gasteiger partial charge in [-0.15, -0.1) is 0 Å². The number of rotatable bonds is 6. The van der Waals surface area contributed by atoms with E-state index in [0.717, 1.165) is 31.4 Å². The SMILES string of the molecule is CCCCCN1CCC(=O)NC(Cc2ccccc2)C1=O. The number of nitrogens with one attached hydrogen (secondary N) is 1. The number of unbranched alkanes of at least 4 members (excludes halogenated alkanes) is 2. The zero-order valence-electron chi connectivity index (χ0n) is 12.7. The van der Waals surface area contributed by atoms with Gasteiger partial charge in [-0.05, 0) is 12.0 Å². The second-order valence-electron chi connectivity index (χ2n) is 5.59. The van der Waals surface area contributed by atoms with Gasteiger partial charge in [0.2, 0.25) is 11.8 Å². The lowest BCUT2D eigenvalue weighted by Gasteiger charge is -2.24. The average Bonchev–Trinajstić information content (AvgIpc) is 2.62. The van der Waals surface area contributed by atoms with Gasteiger partial charge in [0, 0.05) is 25.9 Å². The summed E-state index contributed by atoms with van der Waals surface area (Å²) in [6, 6.07) is 9.42. The Bertz CT molecular complexity index is 473. The summed E-state index contributed by atoms with van der Waals surface area (Å²) in [5, 5.41) is 2.87. The predicted octanol–water partition coefficient (Wildman–Crippen LogP) is 2.14. The number of carbonyl (C=O) groups excluding carboxylic acids is 2. The third-order valence-corrected chi connectivity index (χ3v) is 3.87. The van der Waals surface area contributed by atoms with Crippen LogP contribution >= 0.6 is 0 Å². The van der Waals surface area contributed by atoms with E-state index in [-0.39, 0.29) is 11.8 Å². The zero-order valence-corrected chi connectivity index (χ0v) is 12.7. The summed E-state index contributed by atoms with van der Waals surface area (Å²) in [5.41, 5.74) is 1.08. The van der Waals surface area contributed by atoms with Crippen molar-refractivity contribution in [1.82, 2.24) is 10.2 Å². The van der Waals surface area contributed by atoms with Crippen LogP contribution in [0.4, 0.5) is 0 Å². The first-order chi connectivity index (χ1) is 10.2. The molecule has 0 aliphatic carbocycles. The Labute approximate surface area is 126 Å². The average molecular weight is 288 g/mol. The maximum Gasteiger partial charge on any atom is 0.245 e. The highest BCUT2D eigenvalue weighted by Gasteiger charge is 2.29. The highest BCUT2D eigenvalue weighted by atomic mass is 16.2. The normalized spacial score (nSPS) is 19.3. The third-order valence-electron chi connectivity index (χ3n) is 3.87. The molecule has 2 amide bonds. The Morgan fingerprint density at radius 1 is 1.19 bits per heavy atom. The maximum absolute atomic E-state index is 12.6. The number of carbonyl (C=O) groups is 2. The molecule has 1 N–H and O–H groups in total. The quantitative estimate of drug-likeness (QED) is 0.815. The molecular formula is C17H24N2O2. The van der Waals surface area contributed by atoms with Gasteiger partial charge < -0.3 is 10.2 Å². The fourth-order valence-corrected chi connectivity index (χ4v) is 2.66. The monoisotopic (exact) mass is 288 g/mol. The molecule has 1 saturated heterocycles. The molecule has 21 heavy (non-hydrogen) atoms. The van der Waals surface area contributed by atoms with E-state index in [9.17, 15) is 9.59 Å². The molecule has 0 radical (unpaired) electrons. The Balaban J connectivity index is 2.03. The largest absolute Gasteiger partial charge is 0.344 e. The summed E-state index contributed by atoms with van der Waals surface area (Å²) >= 11 is 0. The van der Waals surface area contributed by atoms with Gasteiger partial charge >= 0.3 is 0 Å². The van der Waals surface area contributed by atoms with Gasteiger partial charge in [-0.1, -0.05) is 50.1 Å². The van der Waals surface area contributed by atoms with Gasteiger partial charge in [-0.3, -0.25) is 9.59 Å². The molecule has 1 aromatic rings. The molecule has 1 unspecified atom stereocenters. The summed E-state index contributed by atoms with van der Waals surface area (Å²) in [5.74, 6) is 0.0306. The van der Waals surface area contributed by atoms with Crippen LogP contribution in [0.5, 0.6) is 0 Å². The molecule has 114 valence electrons. The molecule has 1 atom stereocenters. The van der Waals surface area contributed by atoms with E-state index >= 15 is 0 Å². The molecule has 1 heterocycles. The van der Waals surface area contributed by atoms with Crippen LogP contribution in [-0.4, -0.2) is 35.8 Å². The Morgan fingerprint density at radius 2 is 1.95 bits per heavy atom. The maximum atomic E-state index is 12.6. The first kappa shape index (κ1) is 15.5. The minimum absolute atomic E-state index is 0.0257. The van der Waals surface area contributed by atoms with Gasteiger partial charge in [-0.2, -0.15) is 0 Å². The molecule has 0 aromatic heterocycles. The molecule has 0 saturated carbocycles. The van der Waals surface area contributed by atoms with Crippen molar-refractivity contribution in [3.8, 4) is 0 Å². The topological polar surface area (TPSA) is 49.4 Å². The summed E-state index contributed by atoms with van der Waals surface area (Å²) < 4.78 is 0. The van der Waals surface area contributed by atoms with Crippen LogP contribution < -0.4 is 5.32 Å². The molecule has 0 spiro atoms. The van der Waals surface area contributed by atoms with Crippen molar-refractivity contribution in [3.05, 3.63) is 35.9 Å². The fraction of sp³-hybridized carbons (Fsp3) is 0.529. The number of hydrogen-bond donors (Lipinski definition) is 1. The number of amides is 2. The third kappa shape index (κ3) is 4.59. The van der Waals surface area contributed by atoms with Gasteiger partial charge in [0.15, 0.2) is 0 Å². The van der Waals surface area contributed by atoms with Crippen molar-refractivity contribution in [2.24, 2.45) is 0 Å². The van der Waals surface area contributed by atoms with E-state index < -0.39 is 6.04 Å². The van der Waals surface area contributed by atoms with Gasteiger partial charge in [-0.25, -0.2) is 0 Å². The molecule has 1 aliphatic rings. The van der Waals surface area contributed by atoms with Crippen molar-refractivity contribution in [1.29, 1.82) is 0 Å². The first-order valence-electron chi connectivity index (χ1n) is 7.82. The summed E-state index contributed by atoms with van der Waals surface area (Å²) in [7, 11) is 0. The molecule has 1 aromatic carbocycles. The first-order valence-corrected chi connectivity index (χ1v) is 7.82. The molecule has 1 fully saturated rings. The Kier molecular flexibility index (Phi) is 5.78. The van der Waals surface area contributed by atoms with E-state index in [4.69, 9.17) is 0 Å². The van der Waals surface area contributed by atoms with Crippen molar-refractivity contribution in [2.45, 2.75) is 45.1 Å². The lowest BCUT2D eigenvalue weighted by atomic mass is 10.0. The second-order valence-corrected chi connectivity index (χ2v) is 5.59. The van der Waals surface area contributed by atoms with Gasteiger partial charge in [0.25, 0.3) is 0 Å². The molecule has 0 bridgehead atoms. The zero-order chi connectivity index (χ0) is 15.1. The van der Waals surface area contributed by atoms with Crippen molar-refractivity contribution >= 4 is 11.8 Å². The van der Waals surface area contributed by atoms with E-state index in [1.165, 1.54) is 0 Å². The van der Waals surface area contributed by atoms with Crippen molar-refractivity contribution < 1.29 is 9.59 Å². The van der Waals surface area contributed by atoms with E-state index in [1.54, 1.807) is 0 Å². The fourth-order valence-electron chi connectivity index (χ4n) is 2.66. The smallest absolute Gasteiger partial charge is 0.245 e. The molecule has 2 rings (SSSR count).